The summed E-state index contributed by atoms with van der Waals surface area (Å²) in [5.41, 5.74) is 20.5. The molecule has 0 unspecified atom stereocenters. The second kappa shape index (κ2) is 15.4. The zero-order valence-corrected chi connectivity index (χ0v) is 35.0. The highest BCUT2D eigenvalue weighted by molar-refractivity contribution is 6.08. The van der Waals surface area contributed by atoms with Gasteiger partial charge in [0.15, 0.2) is 0 Å². The molecule has 10 aromatic carbocycles. The van der Waals surface area contributed by atoms with E-state index in [0.717, 1.165) is 22.6 Å². The van der Waals surface area contributed by atoms with Crippen LogP contribution in [0.1, 0.15) is 25.0 Å². The second-order valence-electron chi connectivity index (χ2n) is 16.9. The summed E-state index contributed by atoms with van der Waals surface area (Å²) in [6.45, 7) is 4.74. The van der Waals surface area contributed by atoms with E-state index in [4.69, 9.17) is 0 Å². The average Bonchev–Trinajstić information content (AvgIpc) is 3.57. The lowest BCUT2D eigenvalue weighted by Crippen LogP contribution is -2.15. The van der Waals surface area contributed by atoms with E-state index in [9.17, 15) is 0 Å². The van der Waals surface area contributed by atoms with Gasteiger partial charge >= 0.3 is 0 Å². The fourth-order valence-corrected chi connectivity index (χ4v) is 9.81. The van der Waals surface area contributed by atoms with Crippen LogP contribution in [0.5, 0.6) is 0 Å². The van der Waals surface area contributed by atoms with Crippen LogP contribution in [0.4, 0.5) is 17.1 Å². The first kappa shape index (κ1) is 37.3. The van der Waals surface area contributed by atoms with E-state index in [0.29, 0.717) is 0 Å². The molecule has 10 aromatic rings. The molecule has 0 aliphatic heterocycles. The molecule has 0 fully saturated rings. The SMILES string of the molecule is CC1(C)c2ccccc2-c2ccc(-c3c(-c4ccccc4)cccc3N(c3cccc(-c4ccc(-c5ccccc5)cc4)c3)c3ccc(-c4ccccc4)c4ccccc34)cc21. The van der Waals surface area contributed by atoms with E-state index in [1.807, 2.05) is 0 Å². The van der Waals surface area contributed by atoms with Gasteiger partial charge < -0.3 is 4.90 Å². The Balaban J connectivity index is 1.16. The smallest absolute Gasteiger partial charge is 0.0546 e. The van der Waals surface area contributed by atoms with Crippen molar-refractivity contribution in [3.8, 4) is 66.8 Å². The molecule has 0 saturated carbocycles. The third-order valence-electron chi connectivity index (χ3n) is 12.9. The van der Waals surface area contributed by atoms with Gasteiger partial charge in [-0.2, -0.15) is 0 Å². The summed E-state index contributed by atoms with van der Waals surface area (Å²) in [4.78, 5) is 2.51. The van der Waals surface area contributed by atoms with E-state index >= 15 is 0 Å². The van der Waals surface area contributed by atoms with Crippen LogP contribution in [0.3, 0.4) is 0 Å². The molecule has 0 heterocycles. The molecule has 0 saturated heterocycles. The molecule has 0 atom stereocenters. The van der Waals surface area contributed by atoms with Gasteiger partial charge in [0.25, 0.3) is 0 Å². The number of rotatable bonds is 8. The van der Waals surface area contributed by atoms with Crippen molar-refractivity contribution < 1.29 is 0 Å². The zero-order chi connectivity index (χ0) is 41.6. The number of hydrogen-bond acceptors (Lipinski definition) is 1. The van der Waals surface area contributed by atoms with Crippen LogP contribution >= 0.6 is 0 Å². The lowest BCUT2D eigenvalue weighted by molar-refractivity contribution is 0.660. The van der Waals surface area contributed by atoms with Crippen molar-refractivity contribution >= 4 is 27.8 Å². The fraction of sp³-hybridized carbons (Fsp3) is 0.0492. The predicted octanol–water partition coefficient (Wildman–Crippen LogP) is 17.0. The molecule has 1 nitrogen and oxygen atoms in total. The Morgan fingerprint density at radius 3 is 1.52 bits per heavy atom. The molecule has 0 aromatic heterocycles. The Bertz CT molecular complexity index is 3240. The Morgan fingerprint density at radius 2 is 0.790 bits per heavy atom. The molecule has 294 valence electrons. The number of hydrogen-bond donors (Lipinski definition) is 0. The van der Waals surface area contributed by atoms with Gasteiger partial charge in [-0.1, -0.05) is 220 Å². The quantitative estimate of drug-likeness (QED) is 0.148. The van der Waals surface area contributed by atoms with Gasteiger partial charge in [0.05, 0.1) is 11.4 Å². The van der Waals surface area contributed by atoms with Gasteiger partial charge in [-0.15, -0.1) is 0 Å². The monoisotopic (exact) mass is 791 g/mol. The maximum absolute atomic E-state index is 2.51. The van der Waals surface area contributed by atoms with E-state index in [-0.39, 0.29) is 5.41 Å². The Hall–Kier alpha value is -7.74. The molecule has 0 N–H and O–H groups in total. The van der Waals surface area contributed by atoms with Crippen LogP contribution in [0.2, 0.25) is 0 Å². The third-order valence-corrected chi connectivity index (χ3v) is 12.9. The van der Waals surface area contributed by atoms with E-state index in [1.165, 1.54) is 83.1 Å². The van der Waals surface area contributed by atoms with Gasteiger partial charge in [0.2, 0.25) is 0 Å². The van der Waals surface area contributed by atoms with Gasteiger partial charge in [0, 0.05) is 22.1 Å². The molecule has 11 rings (SSSR count). The Kier molecular flexibility index (Phi) is 9.24. The van der Waals surface area contributed by atoms with Gasteiger partial charge in [-0.25, -0.2) is 0 Å². The molecule has 1 aliphatic rings. The maximum atomic E-state index is 2.51. The van der Waals surface area contributed by atoms with Crippen molar-refractivity contribution in [1.82, 2.24) is 0 Å². The van der Waals surface area contributed by atoms with Crippen molar-refractivity contribution in [1.29, 1.82) is 0 Å². The first-order valence-corrected chi connectivity index (χ1v) is 21.6. The lowest BCUT2D eigenvalue weighted by atomic mass is 9.81. The molecule has 0 amide bonds. The normalized spacial score (nSPS) is 12.5. The maximum Gasteiger partial charge on any atom is 0.0546 e. The molecular formula is C61H45N. The van der Waals surface area contributed by atoms with Crippen LogP contribution in [-0.4, -0.2) is 0 Å². The minimum absolute atomic E-state index is 0.142. The highest BCUT2D eigenvalue weighted by Gasteiger charge is 2.36. The predicted molar refractivity (Wildman–Crippen MR) is 263 cm³/mol. The van der Waals surface area contributed by atoms with E-state index in [1.54, 1.807) is 0 Å². The van der Waals surface area contributed by atoms with Gasteiger partial charge in [-0.05, 0) is 108 Å². The molecule has 62 heavy (non-hydrogen) atoms. The highest BCUT2D eigenvalue weighted by atomic mass is 15.1. The van der Waals surface area contributed by atoms with E-state index in [2.05, 4.69) is 255 Å². The van der Waals surface area contributed by atoms with E-state index < -0.39 is 0 Å². The number of nitrogens with zero attached hydrogens (tertiary/aromatic N) is 1. The minimum Gasteiger partial charge on any atom is -0.309 e. The summed E-state index contributed by atoms with van der Waals surface area (Å²) >= 11 is 0. The topological polar surface area (TPSA) is 3.24 Å². The second-order valence-corrected chi connectivity index (χ2v) is 16.9. The van der Waals surface area contributed by atoms with Crippen LogP contribution < -0.4 is 4.90 Å². The minimum atomic E-state index is -0.142. The van der Waals surface area contributed by atoms with Crippen molar-refractivity contribution in [2.75, 3.05) is 4.90 Å². The van der Waals surface area contributed by atoms with Crippen molar-refractivity contribution in [2.45, 2.75) is 19.3 Å². The zero-order valence-electron chi connectivity index (χ0n) is 35.0. The van der Waals surface area contributed by atoms with Gasteiger partial charge in [-0.3, -0.25) is 0 Å². The third kappa shape index (κ3) is 6.42. The first-order chi connectivity index (χ1) is 30.5. The summed E-state index contributed by atoms with van der Waals surface area (Å²) in [6.07, 6.45) is 0. The summed E-state index contributed by atoms with van der Waals surface area (Å²) in [5, 5.41) is 2.40. The first-order valence-electron chi connectivity index (χ1n) is 21.6. The molecule has 0 spiro atoms. The largest absolute Gasteiger partial charge is 0.309 e. The van der Waals surface area contributed by atoms with Crippen LogP contribution in [0, 0.1) is 0 Å². The molecule has 0 bridgehead atoms. The summed E-state index contributed by atoms with van der Waals surface area (Å²) in [6, 6.07) is 86.7. The van der Waals surface area contributed by atoms with Gasteiger partial charge in [0.1, 0.15) is 0 Å². The molecule has 0 radical (unpaired) electrons. The molecule has 1 aliphatic carbocycles. The lowest BCUT2D eigenvalue weighted by Gasteiger charge is -2.31. The van der Waals surface area contributed by atoms with Crippen molar-refractivity contribution in [3.63, 3.8) is 0 Å². The number of fused-ring (bicyclic) bond motifs is 4. The fourth-order valence-electron chi connectivity index (χ4n) is 9.81. The van der Waals surface area contributed by atoms with Crippen molar-refractivity contribution in [3.05, 3.63) is 248 Å². The highest BCUT2D eigenvalue weighted by Crippen LogP contribution is 2.53. The van der Waals surface area contributed by atoms with Crippen LogP contribution in [0.15, 0.2) is 237 Å². The number of anilines is 3. The van der Waals surface area contributed by atoms with Crippen molar-refractivity contribution in [2.24, 2.45) is 0 Å². The standard InChI is InChI=1S/C61H45N/c1-61(2)56-30-15-14-27-53(56)54-37-36-48(41-57(54)61)60-51(46-22-10-5-11-23-46)29-17-31-59(60)62(58-39-38-50(45-20-8-4-9-21-45)52-26-12-13-28-55(52)58)49-25-16-24-47(40-49)44-34-32-43(33-35-44)42-18-6-3-7-19-42/h3-41H,1-2H3. The Morgan fingerprint density at radius 1 is 0.290 bits per heavy atom. The molecule has 1 heteroatoms. The molecular weight excluding hydrogens is 747 g/mol. The summed E-state index contributed by atoms with van der Waals surface area (Å²) < 4.78 is 0. The van der Waals surface area contributed by atoms with Crippen LogP contribution in [0.25, 0.3) is 77.5 Å². The summed E-state index contributed by atoms with van der Waals surface area (Å²) in [5.74, 6) is 0. The average molecular weight is 792 g/mol. The Labute approximate surface area is 364 Å². The van der Waals surface area contributed by atoms with Crippen LogP contribution in [-0.2, 0) is 5.41 Å². The summed E-state index contributed by atoms with van der Waals surface area (Å²) in [7, 11) is 0. The number of benzene rings is 10.